The smallest absolute Gasteiger partial charge is 0.439 e. The molecule has 0 aliphatic heterocycles. The van der Waals surface area contributed by atoms with Crippen LogP contribution in [0, 0.1) is 0 Å². The van der Waals surface area contributed by atoms with Gasteiger partial charge in [0, 0.05) is 17.4 Å². The average Bonchev–Trinajstić information content (AvgIpc) is 3.25. The Labute approximate surface area is 176 Å². The zero-order valence-electron chi connectivity index (χ0n) is 16.5. The number of pyridine rings is 1. The molecule has 9 nitrogen and oxygen atoms in total. The number of nitrogens with one attached hydrogen (secondary N) is 2. The van der Waals surface area contributed by atoms with Gasteiger partial charge in [-0.05, 0) is 48.0 Å². The maximum absolute atomic E-state index is 12.4. The van der Waals surface area contributed by atoms with Crippen molar-refractivity contribution in [2.24, 2.45) is 0 Å². The molecule has 4 aromatic rings. The molecule has 2 aromatic carbocycles. The molecule has 9 heteroatoms. The lowest BCUT2D eigenvalue weighted by Gasteiger charge is -2.10. The normalized spacial score (nSPS) is 10.5. The summed E-state index contributed by atoms with van der Waals surface area (Å²) in [6.45, 7) is 0.314. The first-order chi connectivity index (χ1) is 15.1. The summed E-state index contributed by atoms with van der Waals surface area (Å²) in [4.78, 5) is 30.1. The molecule has 0 bridgehead atoms. The molecule has 0 saturated heterocycles. The summed E-state index contributed by atoms with van der Waals surface area (Å²) in [7, 11) is 1.46. The number of hydrogen-bond donors (Lipinski definition) is 2. The predicted molar refractivity (Wildman–Crippen MR) is 112 cm³/mol. The summed E-state index contributed by atoms with van der Waals surface area (Å²) in [5.74, 6) is 0.332. The molecular weight excluding hydrogens is 400 g/mol. The molecule has 2 heterocycles. The van der Waals surface area contributed by atoms with Crippen molar-refractivity contribution >= 4 is 11.6 Å². The minimum Gasteiger partial charge on any atom is -0.489 e. The largest absolute Gasteiger partial charge is 0.489 e. The molecule has 0 radical (unpaired) electrons. The molecule has 0 aliphatic carbocycles. The van der Waals surface area contributed by atoms with E-state index in [9.17, 15) is 9.59 Å². The summed E-state index contributed by atoms with van der Waals surface area (Å²) in [6.07, 6.45) is 1.56. The third-order valence-corrected chi connectivity index (χ3v) is 4.37. The molecule has 156 valence electrons. The van der Waals surface area contributed by atoms with Crippen molar-refractivity contribution in [2.45, 2.75) is 6.61 Å². The fraction of sp³-hybridized carbons (Fsp3) is 0.0909. The van der Waals surface area contributed by atoms with Crippen molar-refractivity contribution in [1.82, 2.24) is 15.1 Å². The number of aromatic amines is 1. The molecule has 0 atom stereocenters. The van der Waals surface area contributed by atoms with E-state index in [1.807, 2.05) is 24.3 Å². The minimum absolute atomic E-state index is 0.261. The van der Waals surface area contributed by atoms with E-state index in [1.54, 1.807) is 42.6 Å². The van der Waals surface area contributed by atoms with Crippen LogP contribution in [0.4, 0.5) is 5.69 Å². The average molecular weight is 418 g/mol. The van der Waals surface area contributed by atoms with E-state index >= 15 is 0 Å². The van der Waals surface area contributed by atoms with E-state index in [2.05, 4.69) is 25.0 Å². The van der Waals surface area contributed by atoms with Crippen LogP contribution in [0.25, 0.3) is 11.4 Å². The van der Waals surface area contributed by atoms with E-state index in [0.717, 1.165) is 11.1 Å². The number of nitrogens with zero attached hydrogens (tertiary/aromatic N) is 2. The fourth-order valence-corrected chi connectivity index (χ4v) is 2.89. The third-order valence-electron chi connectivity index (χ3n) is 4.37. The molecular formula is C22H18N4O5. The van der Waals surface area contributed by atoms with Gasteiger partial charge in [-0.15, -0.1) is 0 Å². The molecule has 2 aromatic heterocycles. The Morgan fingerprint density at radius 3 is 2.71 bits per heavy atom. The molecule has 1 amide bonds. The Morgan fingerprint density at radius 1 is 1.13 bits per heavy atom. The van der Waals surface area contributed by atoms with Crippen molar-refractivity contribution in [3.05, 3.63) is 88.5 Å². The lowest BCUT2D eigenvalue weighted by Crippen LogP contribution is -2.13. The highest BCUT2D eigenvalue weighted by molar-refractivity contribution is 6.05. The van der Waals surface area contributed by atoms with Gasteiger partial charge in [-0.2, -0.15) is 0 Å². The van der Waals surface area contributed by atoms with Crippen molar-refractivity contribution in [3.63, 3.8) is 0 Å². The lowest BCUT2D eigenvalue weighted by molar-refractivity contribution is 0.102. The quantitative estimate of drug-likeness (QED) is 0.473. The summed E-state index contributed by atoms with van der Waals surface area (Å²) >= 11 is 0. The number of anilines is 1. The Hall–Kier alpha value is -4.40. The van der Waals surface area contributed by atoms with Crippen molar-refractivity contribution < 1.29 is 18.8 Å². The number of H-pyrrole nitrogens is 1. The molecule has 0 spiro atoms. The summed E-state index contributed by atoms with van der Waals surface area (Å²) in [6, 6.07) is 17.7. The zero-order chi connectivity index (χ0) is 21.6. The van der Waals surface area contributed by atoms with Gasteiger partial charge in [0.25, 0.3) is 5.91 Å². The van der Waals surface area contributed by atoms with Gasteiger partial charge in [0.15, 0.2) is 5.82 Å². The Morgan fingerprint density at radius 2 is 1.97 bits per heavy atom. The number of benzene rings is 2. The molecule has 0 saturated carbocycles. The Balaban J connectivity index is 1.38. The standard InChI is InChI=1S/C22H18N4O5/c1-29-21-18(6-3-11-23-21)20(27)24-16-7-9-17(10-8-16)30-13-14-4-2-5-15(12-14)19-25-22(28)31-26-19/h2-12H,13H2,1H3,(H,24,27)(H,25,26,28). The monoisotopic (exact) mass is 418 g/mol. The number of ether oxygens (including phenoxy) is 2. The van der Waals surface area contributed by atoms with Gasteiger partial charge < -0.3 is 14.8 Å². The van der Waals surface area contributed by atoms with Crippen LogP contribution in [0.15, 0.2) is 76.2 Å². The third kappa shape index (κ3) is 4.78. The number of rotatable bonds is 7. The first-order valence-corrected chi connectivity index (χ1v) is 9.31. The molecule has 0 fully saturated rings. The molecule has 0 aliphatic rings. The van der Waals surface area contributed by atoms with Crippen LogP contribution < -0.4 is 20.5 Å². The molecule has 2 N–H and O–H groups in total. The molecule has 31 heavy (non-hydrogen) atoms. The van der Waals surface area contributed by atoms with E-state index in [-0.39, 0.29) is 11.8 Å². The van der Waals surface area contributed by atoms with E-state index in [0.29, 0.717) is 29.4 Å². The second-order valence-electron chi connectivity index (χ2n) is 6.47. The van der Waals surface area contributed by atoms with Gasteiger partial charge in [-0.1, -0.05) is 23.4 Å². The first kappa shape index (κ1) is 19.9. The van der Waals surface area contributed by atoms with Crippen LogP contribution in [-0.4, -0.2) is 28.1 Å². The highest BCUT2D eigenvalue weighted by atomic mass is 16.5. The highest BCUT2D eigenvalue weighted by Gasteiger charge is 2.13. The van der Waals surface area contributed by atoms with Crippen LogP contribution in [0.3, 0.4) is 0 Å². The van der Waals surface area contributed by atoms with Crippen molar-refractivity contribution in [2.75, 3.05) is 12.4 Å². The van der Waals surface area contributed by atoms with Gasteiger partial charge in [-0.3, -0.25) is 14.3 Å². The zero-order valence-corrected chi connectivity index (χ0v) is 16.5. The number of methoxy groups -OCH3 is 1. The fourth-order valence-electron chi connectivity index (χ4n) is 2.89. The van der Waals surface area contributed by atoms with Crippen LogP contribution in [-0.2, 0) is 6.61 Å². The first-order valence-electron chi connectivity index (χ1n) is 9.31. The van der Waals surface area contributed by atoms with E-state index in [4.69, 9.17) is 9.47 Å². The Bertz CT molecular complexity index is 1250. The number of carbonyl (C=O) groups excluding carboxylic acids is 1. The molecule has 0 unspecified atom stereocenters. The second-order valence-corrected chi connectivity index (χ2v) is 6.47. The van der Waals surface area contributed by atoms with Crippen LogP contribution in [0.5, 0.6) is 11.6 Å². The summed E-state index contributed by atoms with van der Waals surface area (Å²) in [5.41, 5.74) is 2.57. The maximum Gasteiger partial charge on any atom is 0.439 e. The maximum atomic E-state index is 12.4. The van der Waals surface area contributed by atoms with Crippen LogP contribution in [0.1, 0.15) is 15.9 Å². The summed E-state index contributed by atoms with van der Waals surface area (Å²) < 4.78 is 15.5. The van der Waals surface area contributed by atoms with Crippen molar-refractivity contribution in [1.29, 1.82) is 0 Å². The number of carbonyl (C=O) groups is 1. The van der Waals surface area contributed by atoms with Crippen molar-refractivity contribution in [3.8, 4) is 23.0 Å². The Kier molecular flexibility index (Phi) is 5.75. The summed E-state index contributed by atoms with van der Waals surface area (Å²) in [5, 5.41) is 6.48. The topological polar surface area (TPSA) is 119 Å². The van der Waals surface area contributed by atoms with Gasteiger partial charge in [0.1, 0.15) is 17.9 Å². The predicted octanol–water partition coefficient (Wildman–Crippen LogP) is 3.26. The van der Waals surface area contributed by atoms with Gasteiger partial charge in [0.05, 0.1) is 7.11 Å². The van der Waals surface area contributed by atoms with Gasteiger partial charge in [0.2, 0.25) is 5.88 Å². The SMILES string of the molecule is COc1ncccc1C(=O)Nc1ccc(OCc2cccc(-c3noc(=O)[nH]3)c2)cc1. The van der Waals surface area contributed by atoms with E-state index in [1.165, 1.54) is 7.11 Å². The van der Waals surface area contributed by atoms with E-state index < -0.39 is 5.76 Å². The number of amides is 1. The number of hydrogen-bond acceptors (Lipinski definition) is 7. The van der Waals surface area contributed by atoms with Crippen LogP contribution >= 0.6 is 0 Å². The minimum atomic E-state index is -0.606. The second kappa shape index (κ2) is 8.95. The van der Waals surface area contributed by atoms with Crippen LogP contribution in [0.2, 0.25) is 0 Å². The molecule has 4 rings (SSSR count). The highest BCUT2D eigenvalue weighted by Crippen LogP contribution is 2.21. The number of aromatic nitrogens is 3. The lowest BCUT2D eigenvalue weighted by atomic mass is 10.1. The van der Waals surface area contributed by atoms with Gasteiger partial charge >= 0.3 is 5.76 Å². The van der Waals surface area contributed by atoms with Gasteiger partial charge in [-0.25, -0.2) is 9.78 Å².